The number of nitrogens with one attached hydrogen (secondary N) is 1. The van der Waals surface area contributed by atoms with Crippen LogP contribution in [0.4, 0.5) is 4.39 Å². The number of aromatic nitrogens is 2. The highest BCUT2D eigenvalue weighted by Gasteiger charge is 2.21. The van der Waals surface area contributed by atoms with E-state index in [0.717, 1.165) is 5.82 Å². The monoisotopic (exact) mass is 185 g/mol. The van der Waals surface area contributed by atoms with Crippen LogP contribution in [-0.2, 0) is 12.1 Å². The summed E-state index contributed by atoms with van der Waals surface area (Å²) in [4.78, 5) is 6.97. The molecule has 1 aromatic heterocycles. The van der Waals surface area contributed by atoms with Gasteiger partial charge in [0.25, 0.3) is 0 Å². The Hall–Kier alpha value is -0.900. The fourth-order valence-electron chi connectivity index (χ4n) is 1.07. The predicted molar refractivity (Wildman–Crippen MR) is 50.1 cm³/mol. The summed E-state index contributed by atoms with van der Waals surface area (Å²) in [6, 6.07) is 0.0433. The second-order valence-electron chi connectivity index (χ2n) is 3.90. The van der Waals surface area contributed by atoms with Crippen LogP contribution in [0.2, 0.25) is 0 Å². The second-order valence-corrected chi connectivity index (χ2v) is 3.90. The molecule has 0 aliphatic heterocycles. The first-order valence-corrected chi connectivity index (χ1v) is 4.38. The fourth-order valence-corrected chi connectivity index (χ4v) is 1.07. The minimum atomic E-state index is -1.36. The van der Waals surface area contributed by atoms with Gasteiger partial charge >= 0.3 is 0 Å². The van der Waals surface area contributed by atoms with Gasteiger partial charge in [-0.2, -0.15) is 0 Å². The van der Waals surface area contributed by atoms with Crippen molar-refractivity contribution >= 4 is 0 Å². The molecule has 0 saturated heterocycles. The summed E-state index contributed by atoms with van der Waals surface area (Å²) in [5, 5.41) is 0. The lowest BCUT2D eigenvalue weighted by atomic mass is 10.1. The fraction of sp³-hybridized carbons (Fsp3) is 0.667. The first kappa shape index (κ1) is 10.2. The highest BCUT2D eigenvalue weighted by molar-refractivity contribution is 5.09. The molecule has 0 aromatic carbocycles. The molecule has 4 heteroatoms. The van der Waals surface area contributed by atoms with E-state index >= 15 is 0 Å². The molecule has 0 saturated carbocycles. The number of rotatable bonds is 3. The number of hydrogen-bond donors (Lipinski definition) is 2. The zero-order valence-corrected chi connectivity index (χ0v) is 8.26. The van der Waals surface area contributed by atoms with Crippen LogP contribution in [0.5, 0.6) is 0 Å². The van der Waals surface area contributed by atoms with Crippen molar-refractivity contribution < 1.29 is 4.39 Å². The molecule has 74 valence electrons. The molecule has 0 bridgehead atoms. The Labute approximate surface area is 77.6 Å². The molecule has 0 radical (unpaired) electrons. The minimum Gasteiger partial charge on any atom is -0.343 e. The summed E-state index contributed by atoms with van der Waals surface area (Å²) in [5.74, 6) is 0.746. The Kier molecular flexibility index (Phi) is 2.71. The maximum atomic E-state index is 13.4. The number of alkyl halides is 1. The van der Waals surface area contributed by atoms with Gasteiger partial charge in [-0.1, -0.05) is 0 Å². The summed E-state index contributed by atoms with van der Waals surface area (Å²) in [7, 11) is 0. The number of H-pyrrole nitrogens is 1. The molecule has 1 rings (SSSR count). The van der Waals surface area contributed by atoms with E-state index in [1.165, 1.54) is 20.0 Å². The van der Waals surface area contributed by atoms with Crippen LogP contribution in [0, 0.1) is 0 Å². The van der Waals surface area contributed by atoms with Crippen molar-refractivity contribution in [1.29, 1.82) is 0 Å². The van der Waals surface area contributed by atoms with E-state index in [2.05, 4.69) is 9.97 Å². The van der Waals surface area contributed by atoms with Crippen molar-refractivity contribution in [3.05, 3.63) is 17.7 Å². The lowest BCUT2D eigenvalue weighted by molar-refractivity contribution is 0.215. The van der Waals surface area contributed by atoms with Crippen LogP contribution in [-0.4, -0.2) is 16.0 Å². The van der Waals surface area contributed by atoms with Crippen molar-refractivity contribution in [3.63, 3.8) is 0 Å². The number of hydrogen-bond acceptors (Lipinski definition) is 2. The Balaban J connectivity index is 2.75. The first-order chi connectivity index (χ1) is 5.89. The third kappa shape index (κ3) is 2.81. The van der Waals surface area contributed by atoms with Crippen LogP contribution in [0.1, 0.15) is 32.3 Å². The van der Waals surface area contributed by atoms with Crippen LogP contribution in [0.3, 0.4) is 0 Å². The molecular formula is C9H16FN3. The van der Waals surface area contributed by atoms with Gasteiger partial charge in [0.05, 0.1) is 11.9 Å². The van der Waals surface area contributed by atoms with Crippen molar-refractivity contribution in [2.24, 2.45) is 5.73 Å². The van der Waals surface area contributed by atoms with E-state index in [-0.39, 0.29) is 6.04 Å². The van der Waals surface area contributed by atoms with Crippen molar-refractivity contribution in [2.45, 2.75) is 38.9 Å². The van der Waals surface area contributed by atoms with Gasteiger partial charge in [0, 0.05) is 12.5 Å². The van der Waals surface area contributed by atoms with Gasteiger partial charge in [-0.05, 0) is 20.8 Å². The predicted octanol–water partition coefficient (Wildman–Crippen LogP) is 1.50. The maximum absolute atomic E-state index is 13.4. The molecule has 13 heavy (non-hydrogen) atoms. The Morgan fingerprint density at radius 2 is 2.31 bits per heavy atom. The number of nitrogens with two attached hydrogens (primary N) is 1. The zero-order chi connectivity index (χ0) is 10.1. The summed E-state index contributed by atoms with van der Waals surface area (Å²) < 4.78 is 13.4. The molecule has 1 aromatic rings. The van der Waals surface area contributed by atoms with Gasteiger partial charge in [-0.25, -0.2) is 9.37 Å². The number of imidazole rings is 1. The molecule has 1 atom stereocenters. The smallest absolute Gasteiger partial charge is 0.146 e. The number of aromatic amines is 1. The average molecular weight is 185 g/mol. The molecular weight excluding hydrogens is 169 g/mol. The molecule has 3 N–H and O–H groups in total. The summed E-state index contributed by atoms with van der Waals surface area (Å²) >= 11 is 0. The van der Waals surface area contributed by atoms with Crippen molar-refractivity contribution in [3.8, 4) is 0 Å². The molecule has 0 aliphatic carbocycles. The van der Waals surface area contributed by atoms with E-state index in [1.807, 2.05) is 6.92 Å². The molecule has 3 nitrogen and oxygen atoms in total. The molecule has 1 heterocycles. The summed E-state index contributed by atoms with van der Waals surface area (Å²) in [5.41, 5.74) is 4.73. The van der Waals surface area contributed by atoms with Gasteiger partial charge in [0.15, 0.2) is 0 Å². The Bertz CT molecular complexity index is 273. The summed E-state index contributed by atoms with van der Waals surface area (Å²) in [6.07, 6.45) is 2.17. The van der Waals surface area contributed by atoms with Crippen molar-refractivity contribution in [2.75, 3.05) is 0 Å². The van der Waals surface area contributed by atoms with E-state index in [1.54, 1.807) is 0 Å². The van der Waals surface area contributed by atoms with Crippen molar-refractivity contribution in [1.82, 2.24) is 9.97 Å². The SMILES string of the molecule is CC(N)Cc1ncc(C(C)(C)F)[nH]1. The quantitative estimate of drug-likeness (QED) is 0.749. The van der Waals surface area contributed by atoms with Crippen LogP contribution >= 0.6 is 0 Å². The van der Waals surface area contributed by atoms with Gasteiger partial charge in [-0.3, -0.25) is 0 Å². The molecule has 0 aliphatic rings. The largest absolute Gasteiger partial charge is 0.343 e. The van der Waals surface area contributed by atoms with Gasteiger partial charge in [0.1, 0.15) is 11.5 Å². The normalized spacial score (nSPS) is 14.5. The molecule has 0 spiro atoms. The zero-order valence-electron chi connectivity index (χ0n) is 8.26. The average Bonchev–Trinajstić information content (AvgIpc) is 2.32. The van der Waals surface area contributed by atoms with Gasteiger partial charge in [-0.15, -0.1) is 0 Å². The topological polar surface area (TPSA) is 54.7 Å². The highest BCUT2D eigenvalue weighted by atomic mass is 19.1. The van der Waals surface area contributed by atoms with Crippen LogP contribution < -0.4 is 5.73 Å². The lowest BCUT2D eigenvalue weighted by Crippen LogP contribution is -2.18. The number of halogens is 1. The van der Waals surface area contributed by atoms with Gasteiger partial charge < -0.3 is 10.7 Å². The van der Waals surface area contributed by atoms with Gasteiger partial charge in [0.2, 0.25) is 0 Å². The standard InChI is InChI=1S/C9H16FN3/c1-6(11)4-8-12-5-7(13-8)9(2,3)10/h5-6H,4,11H2,1-3H3,(H,12,13). The number of nitrogens with zero attached hydrogens (tertiary/aromatic N) is 1. The Morgan fingerprint density at radius 1 is 1.69 bits per heavy atom. The third-order valence-electron chi connectivity index (χ3n) is 1.78. The first-order valence-electron chi connectivity index (χ1n) is 4.38. The maximum Gasteiger partial charge on any atom is 0.146 e. The van der Waals surface area contributed by atoms with E-state index in [9.17, 15) is 4.39 Å². The molecule has 0 fully saturated rings. The minimum absolute atomic E-state index is 0.0433. The molecule has 1 unspecified atom stereocenters. The van der Waals surface area contributed by atoms with E-state index < -0.39 is 5.67 Å². The van der Waals surface area contributed by atoms with Crippen LogP contribution in [0.15, 0.2) is 6.20 Å². The lowest BCUT2D eigenvalue weighted by Gasteiger charge is -2.10. The summed E-state index contributed by atoms with van der Waals surface area (Å²) in [6.45, 7) is 4.88. The van der Waals surface area contributed by atoms with E-state index in [0.29, 0.717) is 12.1 Å². The van der Waals surface area contributed by atoms with E-state index in [4.69, 9.17) is 5.73 Å². The third-order valence-corrected chi connectivity index (χ3v) is 1.78. The molecule has 0 amide bonds. The highest BCUT2D eigenvalue weighted by Crippen LogP contribution is 2.22. The Morgan fingerprint density at radius 3 is 2.69 bits per heavy atom. The second kappa shape index (κ2) is 3.46. The van der Waals surface area contributed by atoms with Crippen LogP contribution in [0.25, 0.3) is 0 Å².